The lowest BCUT2D eigenvalue weighted by atomic mass is 10.2. The van der Waals surface area contributed by atoms with Crippen molar-refractivity contribution < 1.29 is 13.2 Å². The van der Waals surface area contributed by atoms with E-state index >= 15 is 0 Å². The number of carbonyl (C=O) groups is 1. The standard InChI is InChI=1S/C13H18N2O3S/c14-19(17,18)12-7-5-6-11(10-12)13(16)15-8-3-1-2-4-9-15/h5-7,10H,1-4,8-9H2,(H2,14,17,18). The number of primary sulfonamides is 1. The van der Waals surface area contributed by atoms with Crippen LogP contribution in [0.2, 0.25) is 0 Å². The number of nitrogens with zero attached hydrogens (tertiary/aromatic N) is 1. The van der Waals surface area contributed by atoms with Gasteiger partial charge in [-0.3, -0.25) is 4.79 Å². The molecule has 1 aliphatic rings. The van der Waals surface area contributed by atoms with E-state index in [2.05, 4.69) is 0 Å². The van der Waals surface area contributed by atoms with Crippen molar-refractivity contribution in [2.75, 3.05) is 13.1 Å². The number of hydrogen-bond acceptors (Lipinski definition) is 3. The molecule has 0 aromatic heterocycles. The summed E-state index contributed by atoms with van der Waals surface area (Å²) in [7, 11) is -3.77. The molecule has 2 N–H and O–H groups in total. The molecule has 1 aromatic carbocycles. The van der Waals surface area contributed by atoms with Gasteiger partial charge in [0.1, 0.15) is 0 Å². The van der Waals surface area contributed by atoms with Gasteiger partial charge in [0, 0.05) is 18.7 Å². The predicted octanol–water partition coefficient (Wildman–Crippen LogP) is 1.35. The van der Waals surface area contributed by atoms with E-state index in [1.165, 1.54) is 12.1 Å². The normalized spacial score (nSPS) is 17.0. The molecule has 1 aromatic rings. The first-order valence-corrected chi connectivity index (χ1v) is 7.95. The minimum atomic E-state index is -3.77. The number of benzene rings is 1. The topological polar surface area (TPSA) is 80.5 Å². The summed E-state index contributed by atoms with van der Waals surface area (Å²) in [6.07, 6.45) is 4.28. The average Bonchev–Trinajstić information content (AvgIpc) is 2.66. The molecular formula is C13H18N2O3S. The zero-order valence-corrected chi connectivity index (χ0v) is 11.5. The van der Waals surface area contributed by atoms with E-state index in [1.807, 2.05) is 0 Å². The summed E-state index contributed by atoms with van der Waals surface area (Å²) in [5, 5.41) is 5.08. The molecule has 1 amide bonds. The summed E-state index contributed by atoms with van der Waals surface area (Å²) in [5.74, 6) is -0.118. The van der Waals surface area contributed by atoms with Crippen molar-refractivity contribution in [3.63, 3.8) is 0 Å². The van der Waals surface area contributed by atoms with Crippen molar-refractivity contribution in [3.05, 3.63) is 29.8 Å². The van der Waals surface area contributed by atoms with Gasteiger partial charge in [0.15, 0.2) is 0 Å². The van der Waals surface area contributed by atoms with Crippen LogP contribution >= 0.6 is 0 Å². The van der Waals surface area contributed by atoms with Gasteiger partial charge in [-0.25, -0.2) is 13.6 Å². The number of amides is 1. The number of nitrogens with two attached hydrogens (primary N) is 1. The van der Waals surface area contributed by atoms with E-state index in [0.717, 1.165) is 38.8 Å². The maximum Gasteiger partial charge on any atom is 0.253 e. The molecule has 0 saturated carbocycles. The van der Waals surface area contributed by atoms with Crippen molar-refractivity contribution >= 4 is 15.9 Å². The van der Waals surface area contributed by atoms with Gasteiger partial charge in [-0.1, -0.05) is 18.9 Å². The molecule has 1 aliphatic heterocycles. The van der Waals surface area contributed by atoms with Crippen LogP contribution in [0.3, 0.4) is 0 Å². The van der Waals surface area contributed by atoms with Crippen LogP contribution in [0.4, 0.5) is 0 Å². The van der Waals surface area contributed by atoms with Crippen molar-refractivity contribution in [1.29, 1.82) is 0 Å². The third-order valence-electron chi connectivity index (χ3n) is 3.30. The molecule has 0 unspecified atom stereocenters. The fourth-order valence-corrected chi connectivity index (χ4v) is 2.82. The highest BCUT2D eigenvalue weighted by molar-refractivity contribution is 7.89. The maximum atomic E-state index is 12.3. The molecule has 0 atom stereocenters. The molecule has 0 radical (unpaired) electrons. The third kappa shape index (κ3) is 3.54. The van der Waals surface area contributed by atoms with Gasteiger partial charge >= 0.3 is 0 Å². The van der Waals surface area contributed by atoms with E-state index in [1.54, 1.807) is 17.0 Å². The summed E-state index contributed by atoms with van der Waals surface area (Å²) in [5.41, 5.74) is 0.383. The van der Waals surface area contributed by atoms with Crippen LogP contribution in [-0.2, 0) is 10.0 Å². The number of likely N-dealkylation sites (tertiary alicyclic amines) is 1. The minimum Gasteiger partial charge on any atom is -0.339 e. The van der Waals surface area contributed by atoms with Gasteiger partial charge < -0.3 is 4.90 Å². The molecule has 0 spiro atoms. The molecule has 1 fully saturated rings. The van der Waals surface area contributed by atoms with Gasteiger partial charge in [-0.2, -0.15) is 0 Å². The fraction of sp³-hybridized carbons (Fsp3) is 0.462. The Bertz CT molecular complexity index is 561. The van der Waals surface area contributed by atoms with E-state index in [0.29, 0.717) is 5.56 Å². The Morgan fingerprint density at radius 2 is 1.74 bits per heavy atom. The van der Waals surface area contributed by atoms with E-state index < -0.39 is 10.0 Å². The van der Waals surface area contributed by atoms with Crippen molar-refractivity contribution in [2.24, 2.45) is 5.14 Å². The zero-order valence-electron chi connectivity index (χ0n) is 10.7. The molecule has 5 nitrogen and oxygen atoms in total. The number of sulfonamides is 1. The molecule has 1 saturated heterocycles. The van der Waals surface area contributed by atoms with Gasteiger partial charge in [0.2, 0.25) is 10.0 Å². The summed E-state index contributed by atoms with van der Waals surface area (Å²) in [6, 6.07) is 5.92. The van der Waals surface area contributed by atoms with Crippen molar-refractivity contribution in [2.45, 2.75) is 30.6 Å². The summed E-state index contributed by atoms with van der Waals surface area (Å²) in [6.45, 7) is 1.47. The number of rotatable bonds is 2. The third-order valence-corrected chi connectivity index (χ3v) is 4.21. The van der Waals surface area contributed by atoms with Crippen LogP contribution in [0.25, 0.3) is 0 Å². The van der Waals surface area contributed by atoms with Gasteiger partial charge in [0.25, 0.3) is 5.91 Å². The first-order chi connectivity index (χ1) is 8.98. The van der Waals surface area contributed by atoms with E-state index in [9.17, 15) is 13.2 Å². The second-order valence-electron chi connectivity index (χ2n) is 4.78. The molecule has 0 bridgehead atoms. The molecule has 0 aliphatic carbocycles. The Balaban J connectivity index is 2.23. The van der Waals surface area contributed by atoms with Crippen LogP contribution in [0, 0.1) is 0 Å². The predicted molar refractivity (Wildman–Crippen MR) is 72.2 cm³/mol. The average molecular weight is 282 g/mol. The minimum absolute atomic E-state index is 0.0202. The number of hydrogen-bond donors (Lipinski definition) is 1. The molecule has 2 rings (SSSR count). The lowest BCUT2D eigenvalue weighted by Crippen LogP contribution is -2.32. The SMILES string of the molecule is NS(=O)(=O)c1cccc(C(=O)N2CCCCCC2)c1. The van der Waals surface area contributed by atoms with Crippen LogP contribution in [0.15, 0.2) is 29.2 Å². The van der Waals surface area contributed by atoms with E-state index in [4.69, 9.17) is 5.14 Å². The first-order valence-electron chi connectivity index (χ1n) is 6.40. The molecule has 1 heterocycles. The molecule has 104 valence electrons. The first kappa shape index (κ1) is 14.0. The molecular weight excluding hydrogens is 264 g/mol. The Kier molecular flexibility index (Phi) is 4.21. The van der Waals surface area contributed by atoms with Gasteiger partial charge in [-0.05, 0) is 31.0 Å². The zero-order chi connectivity index (χ0) is 13.9. The quantitative estimate of drug-likeness (QED) is 0.889. The van der Waals surface area contributed by atoms with E-state index in [-0.39, 0.29) is 10.8 Å². The Morgan fingerprint density at radius 1 is 1.11 bits per heavy atom. The maximum absolute atomic E-state index is 12.3. The van der Waals surface area contributed by atoms with Crippen LogP contribution < -0.4 is 5.14 Å². The lowest BCUT2D eigenvalue weighted by Gasteiger charge is -2.20. The largest absolute Gasteiger partial charge is 0.339 e. The highest BCUT2D eigenvalue weighted by atomic mass is 32.2. The van der Waals surface area contributed by atoms with Crippen LogP contribution in [-0.4, -0.2) is 32.3 Å². The molecule has 19 heavy (non-hydrogen) atoms. The summed E-state index contributed by atoms with van der Waals surface area (Å²) in [4.78, 5) is 14.1. The highest BCUT2D eigenvalue weighted by Gasteiger charge is 2.18. The van der Waals surface area contributed by atoms with Crippen LogP contribution in [0.5, 0.6) is 0 Å². The lowest BCUT2D eigenvalue weighted by molar-refractivity contribution is 0.0761. The van der Waals surface area contributed by atoms with Gasteiger partial charge in [0.05, 0.1) is 4.90 Å². The summed E-state index contributed by atoms with van der Waals surface area (Å²) >= 11 is 0. The Morgan fingerprint density at radius 3 is 2.32 bits per heavy atom. The number of carbonyl (C=O) groups excluding carboxylic acids is 1. The van der Waals surface area contributed by atoms with Crippen LogP contribution in [0.1, 0.15) is 36.0 Å². The second kappa shape index (κ2) is 5.71. The molecule has 6 heteroatoms. The smallest absolute Gasteiger partial charge is 0.253 e. The summed E-state index contributed by atoms with van der Waals surface area (Å²) < 4.78 is 22.6. The Hall–Kier alpha value is -1.40. The Labute approximate surface area is 113 Å². The van der Waals surface area contributed by atoms with Crippen molar-refractivity contribution in [3.8, 4) is 0 Å². The monoisotopic (exact) mass is 282 g/mol. The van der Waals surface area contributed by atoms with Gasteiger partial charge in [-0.15, -0.1) is 0 Å². The second-order valence-corrected chi connectivity index (χ2v) is 6.34. The fourth-order valence-electron chi connectivity index (χ4n) is 2.26. The highest BCUT2D eigenvalue weighted by Crippen LogP contribution is 2.15. The van der Waals surface area contributed by atoms with Crippen molar-refractivity contribution in [1.82, 2.24) is 4.90 Å².